The second-order valence-electron chi connectivity index (χ2n) is 4.77. The van der Waals surface area contributed by atoms with Crippen LogP contribution in [0.15, 0.2) is 0 Å². The second-order valence-corrected chi connectivity index (χ2v) is 4.77. The maximum Gasteiger partial charge on any atom is 0.327 e. The minimum atomic E-state index is -0.648. The van der Waals surface area contributed by atoms with Gasteiger partial charge >= 0.3 is 5.97 Å². The molecule has 1 aliphatic carbocycles. The summed E-state index contributed by atoms with van der Waals surface area (Å²) in [4.78, 5) is 14.1. The highest BCUT2D eigenvalue weighted by Gasteiger charge is 2.39. The second kappa shape index (κ2) is 6.33. The fourth-order valence-corrected chi connectivity index (χ4v) is 1.92. The molecule has 1 N–H and O–H groups in total. The van der Waals surface area contributed by atoms with Gasteiger partial charge in [0.1, 0.15) is 5.54 Å². The summed E-state index contributed by atoms with van der Waals surface area (Å²) in [6.45, 7) is 4.08. The average molecular weight is 244 g/mol. The molecule has 5 nitrogen and oxygen atoms in total. The zero-order valence-corrected chi connectivity index (χ0v) is 11.3. The molecule has 0 aromatic rings. The summed E-state index contributed by atoms with van der Waals surface area (Å²) in [5.41, 5.74) is -0.648. The minimum absolute atomic E-state index is 0.219. The molecule has 0 aromatic heterocycles. The lowest BCUT2D eigenvalue weighted by atomic mass is 10.0. The molecule has 0 bridgehead atoms. The van der Waals surface area contributed by atoms with E-state index in [4.69, 9.17) is 9.47 Å². The van der Waals surface area contributed by atoms with Gasteiger partial charge in [-0.05, 0) is 26.8 Å². The molecular weight excluding hydrogens is 220 g/mol. The largest absolute Gasteiger partial charge is 0.468 e. The van der Waals surface area contributed by atoms with E-state index in [1.165, 1.54) is 20.0 Å². The van der Waals surface area contributed by atoms with Crippen molar-refractivity contribution in [3.63, 3.8) is 0 Å². The van der Waals surface area contributed by atoms with E-state index in [-0.39, 0.29) is 5.97 Å². The number of carbonyl (C=O) groups is 1. The lowest BCUT2D eigenvalue weighted by molar-refractivity contribution is -0.148. The Morgan fingerprint density at radius 2 is 2.12 bits per heavy atom. The lowest BCUT2D eigenvalue weighted by Crippen LogP contribution is -2.56. The molecule has 0 saturated heterocycles. The van der Waals surface area contributed by atoms with E-state index in [1.807, 2.05) is 6.92 Å². The summed E-state index contributed by atoms with van der Waals surface area (Å²) in [5, 5.41) is 3.06. The number of hydrogen-bond donors (Lipinski definition) is 1. The summed E-state index contributed by atoms with van der Waals surface area (Å²) < 4.78 is 9.96. The molecule has 1 rings (SSSR count). The van der Waals surface area contributed by atoms with E-state index in [1.54, 1.807) is 14.2 Å². The molecule has 100 valence electrons. The van der Waals surface area contributed by atoms with Crippen molar-refractivity contribution in [2.24, 2.45) is 0 Å². The third-order valence-corrected chi connectivity index (χ3v) is 3.35. The van der Waals surface area contributed by atoms with Gasteiger partial charge < -0.3 is 14.8 Å². The van der Waals surface area contributed by atoms with Crippen molar-refractivity contribution in [3.8, 4) is 0 Å². The fourth-order valence-electron chi connectivity index (χ4n) is 1.92. The topological polar surface area (TPSA) is 50.8 Å². The van der Waals surface area contributed by atoms with Crippen LogP contribution >= 0.6 is 0 Å². The number of nitrogens with zero attached hydrogens (tertiary/aromatic N) is 1. The van der Waals surface area contributed by atoms with E-state index < -0.39 is 5.54 Å². The number of ether oxygens (including phenoxy) is 2. The highest BCUT2D eigenvalue weighted by atomic mass is 16.5. The van der Waals surface area contributed by atoms with Gasteiger partial charge in [-0.2, -0.15) is 0 Å². The minimum Gasteiger partial charge on any atom is -0.468 e. The van der Waals surface area contributed by atoms with Crippen molar-refractivity contribution in [2.45, 2.75) is 31.3 Å². The normalized spacial score (nSPS) is 19.1. The first-order valence-electron chi connectivity index (χ1n) is 6.07. The van der Waals surface area contributed by atoms with E-state index in [0.29, 0.717) is 19.2 Å². The molecule has 1 fully saturated rings. The van der Waals surface area contributed by atoms with Crippen molar-refractivity contribution in [1.29, 1.82) is 0 Å². The standard InChI is InChI=1S/C12H24N2O3/c1-12(13-2,11(15)17-4)9-14(7-8-16-3)10-5-6-10/h10,13H,5-9H2,1-4H3. The molecule has 1 atom stereocenters. The van der Waals surface area contributed by atoms with Gasteiger partial charge in [-0.25, -0.2) is 0 Å². The Labute approximate surface area is 103 Å². The zero-order valence-electron chi connectivity index (χ0n) is 11.3. The molecule has 0 aliphatic heterocycles. The third-order valence-electron chi connectivity index (χ3n) is 3.35. The van der Waals surface area contributed by atoms with Crippen LogP contribution in [0.4, 0.5) is 0 Å². The Hall–Kier alpha value is -0.650. The van der Waals surface area contributed by atoms with Crippen molar-refractivity contribution in [1.82, 2.24) is 10.2 Å². The van der Waals surface area contributed by atoms with E-state index in [9.17, 15) is 4.79 Å². The first-order chi connectivity index (χ1) is 8.07. The molecule has 0 heterocycles. The van der Waals surface area contributed by atoms with E-state index in [2.05, 4.69) is 10.2 Å². The Balaban J connectivity index is 2.59. The van der Waals surface area contributed by atoms with Gasteiger partial charge in [0.2, 0.25) is 0 Å². The maximum atomic E-state index is 11.8. The maximum absolute atomic E-state index is 11.8. The van der Waals surface area contributed by atoms with Gasteiger partial charge in [0.15, 0.2) is 0 Å². The summed E-state index contributed by atoms with van der Waals surface area (Å²) in [6, 6.07) is 0.600. The van der Waals surface area contributed by atoms with Crippen LogP contribution in [0.5, 0.6) is 0 Å². The summed E-state index contributed by atoms with van der Waals surface area (Å²) in [7, 11) is 4.91. The number of esters is 1. The molecule has 0 amide bonds. The van der Waals surface area contributed by atoms with Crippen molar-refractivity contribution < 1.29 is 14.3 Å². The van der Waals surface area contributed by atoms with Crippen LogP contribution < -0.4 is 5.32 Å². The first-order valence-corrected chi connectivity index (χ1v) is 6.07. The monoisotopic (exact) mass is 244 g/mol. The average Bonchev–Trinajstić information content (AvgIpc) is 3.17. The molecule has 0 radical (unpaired) electrons. The summed E-state index contributed by atoms with van der Waals surface area (Å²) in [5.74, 6) is -0.219. The number of likely N-dealkylation sites (N-methyl/N-ethyl adjacent to an activating group) is 1. The van der Waals surface area contributed by atoms with Crippen LogP contribution in [0.3, 0.4) is 0 Å². The van der Waals surface area contributed by atoms with Crippen molar-refractivity contribution in [2.75, 3.05) is 41.0 Å². The number of methoxy groups -OCH3 is 2. The Bertz CT molecular complexity index is 256. The number of rotatable bonds is 8. The van der Waals surface area contributed by atoms with Crippen molar-refractivity contribution in [3.05, 3.63) is 0 Å². The summed E-state index contributed by atoms with van der Waals surface area (Å²) >= 11 is 0. The van der Waals surface area contributed by atoms with E-state index >= 15 is 0 Å². The van der Waals surface area contributed by atoms with Gasteiger partial charge in [-0.1, -0.05) is 0 Å². The molecule has 1 aliphatic rings. The van der Waals surface area contributed by atoms with E-state index in [0.717, 1.165) is 6.54 Å². The smallest absolute Gasteiger partial charge is 0.327 e. The van der Waals surface area contributed by atoms with Crippen LogP contribution in [0.25, 0.3) is 0 Å². The molecular formula is C12H24N2O3. The van der Waals surface area contributed by atoms with Crippen LogP contribution in [-0.2, 0) is 14.3 Å². The van der Waals surface area contributed by atoms with Crippen LogP contribution in [-0.4, -0.2) is 63.4 Å². The van der Waals surface area contributed by atoms with Crippen LogP contribution in [0.2, 0.25) is 0 Å². The van der Waals surface area contributed by atoms with Crippen molar-refractivity contribution >= 4 is 5.97 Å². The van der Waals surface area contributed by atoms with Crippen LogP contribution in [0.1, 0.15) is 19.8 Å². The molecule has 5 heteroatoms. The molecule has 17 heavy (non-hydrogen) atoms. The predicted molar refractivity (Wildman–Crippen MR) is 66.0 cm³/mol. The van der Waals surface area contributed by atoms with Gasteiger partial charge in [0, 0.05) is 26.2 Å². The highest BCUT2D eigenvalue weighted by molar-refractivity contribution is 5.80. The first kappa shape index (κ1) is 14.4. The highest BCUT2D eigenvalue weighted by Crippen LogP contribution is 2.28. The molecule has 0 aromatic carbocycles. The number of carbonyl (C=O) groups excluding carboxylic acids is 1. The quantitative estimate of drug-likeness (QED) is 0.620. The fraction of sp³-hybridized carbons (Fsp3) is 0.917. The lowest BCUT2D eigenvalue weighted by Gasteiger charge is -2.33. The summed E-state index contributed by atoms with van der Waals surface area (Å²) in [6.07, 6.45) is 2.43. The number of hydrogen-bond acceptors (Lipinski definition) is 5. The van der Waals surface area contributed by atoms with Gasteiger partial charge in [-0.3, -0.25) is 9.69 Å². The van der Waals surface area contributed by atoms with Gasteiger partial charge in [-0.15, -0.1) is 0 Å². The molecule has 1 unspecified atom stereocenters. The zero-order chi connectivity index (χ0) is 12.9. The Morgan fingerprint density at radius 3 is 2.53 bits per heavy atom. The van der Waals surface area contributed by atoms with Crippen LogP contribution in [0, 0.1) is 0 Å². The molecule has 1 saturated carbocycles. The molecule has 0 spiro atoms. The van der Waals surface area contributed by atoms with Gasteiger partial charge in [0.05, 0.1) is 13.7 Å². The SMILES string of the molecule is CNC(C)(CN(CCOC)C1CC1)C(=O)OC. The predicted octanol–water partition coefficient (Wildman–Crippen LogP) is 0.248. The van der Waals surface area contributed by atoms with Gasteiger partial charge in [0.25, 0.3) is 0 Å². The Morgan fingerprint density at radius 1 is 1.47 bits per heavy atom. The third kappa shape index (κ3) is 3.94. The Kier molecular flexibility index (Phi) is 5.36. The number of nitrogens with one attached hydrogen (secondary N) is 1.